The van der Waals surface area contributed by atoms with E-state index in [9.17, 15) is 18.8 Å². The summed E-state index contributed by atoms with van der Waals surface area (Å²) in [5.41, 5.74) is 3.03. The minimum absolute atomic E-state index is 0.0514. The van der Waals surface area contributed by atoms with Gasteiger partial charge in [0.15, 0.2) is 0 Å². The number of ether oxygens (including phenoxy) is 1. The second-order valence-electron chi connectivity index (χ2n) is 11.4. The van der Waals surface area contributed by atoms with Crippen molar-refractivity contribution in [3.63, 3.8) is 0 Å². The molecule has 1 atom stereocenters. The van der Waals surface area contributed by atoms with E-state index < -0.39 is 17.3 Å². The van der Waals surface area contributed by atoms with Crippen molar-refractivity contribution in [1.29, 1.82) is 0 Å². The lowest BCUT2D eigenvalue weighted by molar-refractivity contribution is 0.0824. The molecule has 1 spiro atoms. The first-order valence-corrected chi connectivity index (χ1v) is 13.8. The molecule has 1 unspecified atom stereocenters. The van der Waals surface area contributed by atoms with Gasteiger partial charge >= 0.3 is 5.69 Å². The first-order valence-electron chi connectivity index (χ1n) is 13.8. The van der Waals surface area contributed by atoms with Crippen molar-refractivity contribution in [2.24, 2.45) is 5.41 Å². The number of hydrogen-bond acceptors (Lipinski definition) is 6. The summed E-state index contributed by atoms with van der Waals surface area (Å²) >= 11 is 0. The molecule has 2 aliphatic heterocycles. The van der Waals surface area contributed by atoms with E-state index in [4.69, 9.17) is 4.74 Å². The second kappa shape index (κ2) is 10.5. The van der Waals surface area contributed by atoms with E-state index in [0.29, 0.717) is 5.69 Å². The number of H-pyrrole nitrogens is 3. The fourth-order valence-electron chi connectivity index (χ4n) is 6.13. The number of likely N-dealkylation sites (tertiary alicyclic amines) is 1. The Labute approximate surface area is 235 Å². The normalized spacial score (nSPS) is 19.0. The summed E-state index contributed by atoms with van der Waals surface area (Å²) in [4.78, 5) is 51.5. The highest BCUT2D eigenvalue weighted by Crippen LogP contribution is 2.43. The monoisotopic (exact) mass is 560 g/mol. The Hall–Kier alpha value is -4.38. The van der Waals surface area contributed by atoms with E-state index in [-0.39, 0.29) is 28.2 Å². The predicted molar refractivity (Wildman–Crippen MR) is 154 cm³/mol. The summed E-state index contributed by atoms with van der Waals surface area (Å²) in [7, 11) is 3.16. The largest absolute Gasteiger partial charge is 0.448 e. The van der Waals surface area contributed by atoms with Gasteiger partial charge in [0, 0.05) is 51.9 Å². The molecule has 4 heterocycles. The topological polar surface area (TPSA) is 118 Å². The maximum Gasteiger partial charge on any atom is 0.323 e. The van der Waals surface area contributed by atoms with Gasteiger partial charge in [-0.1, -0.05) is 6.07 Å². The molecule has 214 valence electrons. The Kier molecular flexibility index (Phi) is 6.90. The summed E-state index contributed by atoms with van der Waals surface area (Å²) < 4.78 is 20.1. The van der Waals surface area contributed by atoms with Crippen molar-refractivity contribution < 1.29 is 13.9 Å². The zero-order valence-corrected chi connectivity index (χ0v) is 23.1. The lowest BCUT2D eigenvalue weighted by Gasteiger charge is -2.26. The van der Waals surface area contributed by atoms with E-state index in [0.717, 1.165) is 69.1 Å². The molecule has 0 aliphatic carbocycles. The number of nitrogens with zero attached hydrogens (tertiary/aromatic N) is 3. The van der Waals surface area contributed by atoms with E-state index in [1.807, 2.05) is 18.2 Å². The average Bonchev–Trinajstić information content (AvgIpc) is 3.66. The molecular formula is C30H33FN6O4. The molecule has 2 aromatic carbocycles. The zero-order chi connectivity index (χ0) is 28.7. The Bertz CT molecular complexity index is 1730. The van der Waals surface area contributed by atoms with Crippen molar-refractivity contribution in [1.82, 2.24) is 24.8 Å². The molecule has 11 heteroatoms. The quantitative estimate of drug-likeness (QED) is 0.319. The zero-order valence-electron chi connectivity index (χ0n) is 23.1. The summed E-state index contributed by atoms with van der Waals surface area (Å²) in [6, 6.07) is 11.6. The van der Waals surface area contributed by atoms with Crippen LogP contribution in [0.2, 0.25) is 0 Å². The number of anilines is 1. The van der Waals surface area contributed by atoms with Crippen molar-refractivity contribution in [2.45, 2.75) is 19.3 Å². The van der Waals surface area contributed by atoms with Gasteiger partial charge in [-0.15, -0.1) is 0 Å². The number of carbonyl (C=O) groups excluding carboxylic acids is 1. The molecule has 1 amide bonds. The van der Waals surface area contributed by atoms with Gasteiger partial charge in [-0.25, -0.2) is 9.18 Å². The maximum absolute atomic E-state index is 14.0. The first kappa shape index (κ1) is 26.8. The fraction of sp³-hybridized carbons (Fsp3) is 0.367. The number of pyridine rings is 1. The third-order valence-electron chi connectivity index (χ3n) is 8.28. The Morgan fingerprint density at radius 1 is 1.02 bits per heavy atom. The molecule has 10 nitrogen and oxygen atoms in total. The molecule has 3 N–H and O–H groups in total. The van der Waals surface area contributed by atoms with E-state index >= 15 is 0 Å². The molecule has 0 bridgehead atoms. The van der Waals surface area contributed by atoms with Gasteiger partial charge in [-0.2, -0.15) is 0 Å². The van der Waals surface area contributed by atoms with Crippen LogP contribution < -0.4 is 20.9 Å². The van der Waals surface area contributed by atoms with Crippen LogP contribution in [0.4, 0.5) is 10.1 Å². The Morgan fingerprint density at radius 3 is 2.66 bits per heavy atom. The first-order chi connectivity index (χ1) is 19.7. The van der Waals surface area contributed by atoms with Crippen LogP contribution in [0.5, 0.6) is 11.5 Å². The van der Waals surface area contributed by atoms with Crippen LogP contribution in [0.15, 0.2) is 58.3 Å². The second-order valence-corrected chi connectivity index (χ2v) is 11.4. The van der Waals surface area contributed by atoms with Crippen molar-refractivity contribution in [2.75, 3.05) is 51.7 Å². The number of fused-ring (bicyclic) bond motifs is 1. The third-order valence-corrected chi connectivity index (χ3v) is 8.28. The number of imidazole rings is 1. The summed E-state index contributed by atoms with van der Waals surface area (Å²) in [5, 5.41) is 0. The smallest absolute Gasteiger partial charge is 0.323 e. The molecule has 2 saturated heterocycles. The molecule has 2 fully saturated rings. The molecule has 0 saturated carbocycles. The average molecular weight is 561 g/mol. The molecule has 41 heavy (non-hydrogen) atoms. The van der Waals surface area contributed by atoms with Gasteiger partial charge in [0.2, 0.25) is 5.75 Å². The van der Waals surface area contributed by atoms with Crippen LogP contribution in [-0.2, 0) is 6.42 Å². The van der Waals surface area contributed by atoms with E-state index in [1.165, 1.54) is 22.6 Å². The van der Waals surface area contributed by atoms with Crippen LogP contribution in [0, 0.1) is 11.2 Å². The van der Waals surface area contributed by atoms with Crippen LogP contribution in [0.1, 0.15) is 28.8 Å². The summed E-state index contributed by atoms with van der Waals surface area (Å²) in [6.45, 7) is 4.45. The number of aromatic amines is 3. The number of halogens is 1. The third kappa shape index (κ3) is 5.37. The number of carbonyl (C=O) groups is 1. The Morgan fingerprint density at radius 2 is 1.83 bits per heavy atom. The van der Waals surface area contributed by atoms with Crippen molar-refractivity contribution in [3.8, 4) is 11.5 Å². The van der Waals surface area contributed by atoms with Crippen LogP contribution in [0.3, 0.4) is 0 Å². The number of rotatable bonds is 7. The number of amides is 1. The number of nitrogens with one attached hydrogen (secondary N) is 3. The van der Waals surface area contributed by atoms with Gasteiger partial charge < -0.3 is 34.4 Å². The van der Waals surface area contributed by atoms with Crippen molar-refractivity contribution >= 4 is 22.6 Å². The molecule has 4 aromatic rings. The molecule has 0 radical (unpaired) electrons. The Balaban J connectivity index is 1.16. The highest BCUT2D eigenvalue weighted by molar-refractivity contribution is 5.96. The fourth-order valence-corrected chi connectivity index (χ4v) is 6.13. The molecular weight excluding hydrogens is 527 g/mol. The van der Waals surface area contributed by atoms with E-state index in [2.05, 4.69) is 30.8 Å². The SMILES string of the molecule is CN(C)C(=O)c1cc(F)ccc1Oc1c(N2CCC3(CCN(CCc4ccc5[nH]c(=O)[nH]c5c4)C3)C2)cc[nH]c1=O. The highest BCUT2D eigenvalue weighted by atomic mass is 19.1. The number of benzene rings is 2. The molecule has 2 aromatic heterocycles. The lowest BCUT2D eigenvalue weighted by Crippen LogP contribution is -2.32. The minimum atomic E-state index is -0.558. The number of hydrogen-bond donors (Lipinski definition) is 3. The summed E-state index contributed by atoms with van der Waals surface area (Å²) in [6.07, 6.45) is 4.54. The number of aromatic nitrogens is 3. The van der Waals surface area contributed by atoms with Crippen LogP contribution in [-0.4, -0.2) is 77.5 Å². The van der Waals surface area contributed by atoms with Gasteiger partial charge in [0.25, 0.3) is 11.5 Å². The molecule has 2 aliphatic rings. The lowest BCUT2D eigenvalue weighted by atomic mass is 9.86. The van der Waals surface area contributed by atoms with Crippen LogP contribution in [0.25, 0.3) is 11.0 Å². The van der Waals surface area contributed by atoms with Gasteiger partial charge in [-0.05, 0) is 67.8 Å². The van der Waals surface area contributed by atoms with Gasteiger partial charge in [0.05, 0.1) is 22.3 Å². The minimum Gasteiger partial charge on any atom is -0.448 e. The van der Waals surface area contributed by atoms with E-state index in [1.54, 1.807) is 20.3 Å². The van der Waals surface area contributed by atoms with Crippen molar-refractivity contribution in [3.05, 3.63) is 86.4 Å². The summed E-state index contributed by atoms with van der Waals surface area (Å²) in [5.74, 6) is -0.749. The predicted octanol–water partition coefficient (Wildman–Crippen LogP) is 3.32. The van der Waals surface area contributed by atoms with Gasteiger partial charge in [0.1, 0.15) is 11.6 Å². The molecule has 6 rings (SSSR count). The van der Waals surface area contributed by atoms with Gasteiger partial charge in [-0.3, -0.25) is 9.59 Å². The maximum atomic E-state index is 14.0. The standard InChI is InChI=1S/C30H33FN6O4/c1-35(2)28(39)21-16-20(31)4-6-25(21)41-26-24(7-11-32-27(26)38)37-14-10-30(18-37)9-13-36(17-30)12-8-19-3-5-22-23(15-19)34-29(40)33-22/h3-7,11,15-16H,8-10,12-14,17-18H2,1-2H3,(H,32,38)(H2,33,34,40). The highest BCUT2D eigenvalue weighted by Gasteiger charge is 2.44. The van der Waals surface area contributed by atoms with Crippen LogP contribution >= 0.6 is 0 Å².